The van der Waals surface area contributed by atoms with E-state index in [1.807, 2.05) is 6.07 Å². The topological polar surface area (TPSA) is 67.1 Å². The first-order valence-corrected chi connectivity index (χ1v) is 6.67. The fourth-order valence-electron chi connectivity index (χ4n) is 1.80. The Kier molecular flexibility index (Phi) is 6.01. The predicted octanol–water partition coefficient (Wildman–Crippen LogP) is 1.77. The number of likely N-dealkylation sites (N-methyl/N-ethyl adjacent to an activating group) is 1. The molecule has 0 aliphatic heterocycles. The highest BCUT2D eigenvalue weighted by Gasteiger charge is 2.08. The van der Waals surface area contributed by atoms with Crippen molar-refractivity contribution in [1.29, 1.82) is 0 Å². The number of nitrogens with zero attached hydrogens (tertiary/aromatic N) is 3. The van der Waals surface area contributed by atoms with Crippen molar-refractivity contribution in [3.05, 3.63) is 17.6 Å². The average molecular weight is 251 g/mol. The monoisotopic (exact) mass is 251 g/mol. The maximum atomic E-state index is 5.45. The molecule has 0 radical (unpaired) electrons. The van der Waals surface area contributed by atoms with E-state index in [9.17, 15) is 0 Å². The van der Waals surface area contributed by atoms with Crippen LogP contribution in [-0.2, 0) is 6.42 Å². The second-order valence-corrected chi connectivity index (χ2v) is 4.67. The van der Waals surface area contributed by atoms with Crippen LogP contribution in [0.2, 0.25) is 0 Å². The molecule has 0 saturated heterocycles. The summed E-state index contributed by atoms with van der Waals surface area (Å²) >= 11 is 0. The fourth-order valence-corrected chi connectivity index (χ4v) is 1.80. The summed E-state index contributed by atoms with van der Waals surface area (Å²) in [5, 5.41) is 0. The number of aromatic nitrogens is 2. The van der Waals surface area contributed by atoms with Gasteiger partial charge in [0.15, 0.2) is 0 Å². The van der Waals surface area contributed by atoms with E-state index in [0.717, 1.165) is 37.6 Å². The Balaban J connectivity index is 2.78. The van der Waals surface area contributed by atoms with Crippen LogP contribution in [0.15, 0.2) is 6.07 Å². The van der Waals surface area contributed by atoms with Gasteiger partial charge in [-0.15, -0.1) is 0 Å². The summed E-state index contributed by atoms with van der Waals surface area (Å²) in [6.45, 7) is 11.7. The molecular weight excluding hydrogens is 226 g/mol. The lowest BCUT2D eigenvalue weighted by molar-refractivity contribution is 0.305. The Morgan fingerprint density at radius 1 is 1.28 bits per heavy atom. The first-order valence-electron chi connectivity index (χ1n) is 6.67. The van der Waals surface area contributed by atoms with Gasteiger partial charge in [0.2, 0.25) is 0 Å². The highest BCUT2D eigenvalue weighted by Crippen LogP contribution is 2.15. The van der Waals surface area contributed by atoms with Crippen molar-refractivity contribution < 1.29 is 0 Å². The van der Waals surface area contributed by atoms with Crippen LogP contribution in [-0.4, -0.2) is 34.5 Å². The van der Waals surface area contributed by atoms with Crippen LogP contribution in [0.4, 0.5) is 5.82 Å². The molecular formula is C13H25N5. The largest absolute Gasteiger partial charge is 0.308 e. The molecule has 1 aromatic heterocycles. The van der Waals surface area contributed by atoms with E-state index in [2.05, 4.69) is 48.0 Å². The fraction of sp³-hybridized carbons (Fsp3) is 0.692. The minimum atomic E-state index is 0.382. The molecule has 102 valence electrons. The van der Waals surface area contributed by atoms with Crippen LogP contribution in [0.1, 0.15) is 45.1 Å². The molecule has 0 aliphatic carbocycles. The van der Waals surface area contributed by atoms with Gasteiger partial charge in [-0.3, -0.25) is 0 Å². The predicted molar refractivity (Wildman–Crippen MR) is 75.4 cm³/mol. The van der Waals surface area contributed by atoms with Crippen LogP contribution in [0, 0.1) is 0 Å². The van der Waals surface area contributed by atoms with Gasteiger partial charge in [0, 0.05) is 24.7 Å². The molecule has 3 N–H and O–H groups in total. The Morgan fingerprint density at radius 3 is 2.44 bits per heavy atom. The summed E-state index contributed by atoms with van der Waals surface area (Å²) in [6, 6.07) is 1.91. The summed E-state index contributed by atoms with van der Waals surface area (Å²) in [5.74, 6) is 7.39. The normalized spacial score (nSPS) is 11.3. The van der Waals surface area contributed by atoms with Crippen LogP contribution >= 0.6 is 0 Å². The van der Waals surface area contributed by atoms with E-state index in [1.165, 1.54) is 0 Å². The molecule has 1 aromatic rings. The quantitative estimate of drug-likeness (QED) is 0.571. The third kappa shape index (κ3) is 4.23. The molecule has 0 unspecified atom stereocenters. The lowest BCUT2D eigenvalue weighted by atomic mass is 10.1. The minimum absolute atomic E-state index is 0.382. The number of hydrazine groups is 1. The Bertz CT molecular complexity index is 360. The molecule has 0 spiro atoms. The van der Waals surface area contributed by atoms with E-state index in [0.29, 0.717) is 11.7 Å². The Hall–Kier alpha value is -1.20. The van der Waals surface area contributed by atoms with E-state index < -0.39 is 0 Å². The zero-order chi connectivity index (χ0) is 13.5. The highest BCUT2D eigenvalue weighted by molar-refractivity contribution is 5.35. The highest BCUT2D eigenvalue weighted by atomic mass is 15.3. The van der Waals surface area contributed by atoms with Gasteiger partial charge in [0.25, 0.3) is 0 Å². The summed E-state index contributed by atoms with van der Waals surface area (Å²) in [6.07, 6.45) is 0.858. The molecule has 0 aromatic carbocycles. The van der Waals surface area contributed by atoms with Gasteiger partial charge in [-0.1, -0.05) is 27.7 Å². The molecule has 18 heavy (non-hydrogen) atoms. The van der Waals surface area contributed by atoms with Crippen LogP contribution in [0.25, 0.3) is 0 Å². The number of nitrogens with two attached hydrogens (primary N) is 1. The second kappa shape index (κ2) is 7.28. The van der Waals surface area contributed by atoms with E-state index >= 15 is 0 Å². The first kappa shape index (κ1) is 14.9. The van der Waals surface area contributed by atoms with Crippen molar-refractivity contribution in [2.75, 3.05) is 25.1 Å². The molecule has 0 amide bonds. The molecule has 0 aliphatic rings. The molecule has 0 bridgehead atoms. The van der Waals surface area contributed by atoms with E-state index in [1.54, 1.807) is 0 Å². The molecule has 5 heteroatoms. The van der Waals surface area contributed by atoms with Gasteiger partial charge >= 0.3 is 0 Å². The summed E-state index contributed by atoms with van der Waals surface area (Å²) in [4.78, 5) is 11.4. The SMILES string of the molecule is CCN(CC)CCc1nc(NN)cc(C(C)C)n1. The van der Waals surface area contributed by atoms with Crippen LogP contribution < -0.4 is 11.3 Å². The molecule has 1 rings (SSSR count). The molecule has 5 nitrogen and oxygen atoms in total. The van der Waals surface area contributed by atoms with Gasteiger partial charge in [-0.25, -0.2) is 15.8 Å². The zero-order valence-electron chi connectivity index (χ0n) is 11.9. The van der Waals surface area contributed by atoms with Crippen molar-refractivity contribution in [2.24, 2.45) is 5.84 Å². The first-order chi connectivity index (χ1) is 8.60. The van der Waals surface area contributed by atoms with Gasteiger partial charge in [-0.2, -0.15) is 0 Å². The minimum Gasteiger partial charge on any atom is -0.308 e. The standard InChI is InChI=1S/C13H25N5/c1-5-18(6-2)8-7-12-15-11(10(3)4)9-13(16-12)17-14/h9-10H,5-8,14H2,1-4H3,(H,15,16,17). The number of hydrogen-bond donors (Lipinski definition) is 2. The van der Waals surface area contributed by atoms with Gasteiger partial charge in [-0.05, 0) is 19.0 Å². The van der Waals surface area contributed by atoms with Crippen molar-refractivity contribution >= 4 is 5.82 Å². The maximum absolute atomic E-state index is 5.45. The summed E-state index contributed by atoms with van der Waals surface area (Å²) in [5.41, 5.74) is 3.65. The zero-order valence-corrected chi connectivity index (χ0v) is 11.9. The van der Waals surface area contributed by atoms with Gasteiger partial charge in [0.05, 0.1) is 0 Å². The molecule has 0 atom stereocenters. The van der Waals surface area contributed by atoms with Crippen molar-refractivity contribution in [3.63, 3.8) is 0 Å². The van der Waals surface area contributed by atoms with Crippen molar-refractivity contribution in [1.82, 2.24) is 14.9 Å². The maximum Gasteiger partial charge on any atom is 0.143 e. The van der Waals surface area contributed by atoms with E-state index in [-0.39, 0.29) is 0 Å². The average Bonchev–Trinajstić information content (AvgIpc) is 2.39. The lowest BCUT2D eigenvalue weighted by Gasteiger charge is -2.17. The Morgan fingerprint density at radius 2 is 1.94 bits per heavy atom. The van der Waals surface area contributed by atoms with Crippen molar-refractivity contribution in [3.8, 4) is 0 Å². The molecule has 0 saturated carbocycles. The third-order valence-electron chi connectivity index (χ3n) is 3.08. The van der Waals surface area contributed by atoms with Gasteiger partial charge < -0.3 is 10.3 Å². The number of anilines is 1. The second-order valence-electron chi connectivity index (χ2n) is 4.67. The summed E-state index contributed by atoms with van der Waals surface area (Å²) in [7, 11) is 0. The third-order valence-corrected chi connectivity index (χ3v) is 3.08. The smallest absolute Gasteiger partial charge is 0.143 e. The summed E-state index contributed by atoms with van der Waals surface area (Å²) < 4.78 is 0. The molecule has 0 fully saturated rings. The number of rotatable bonds is 7. The van der Waals surface area contributed by atoms with Gasteiger partial charge in [0.1, 0.15) is 11.6 Å². The number of hydrogen-bond acceptors (Lipinski definition) is 5. The van der Waals surface area contributed by atoms with Crippen molar-refractivity contribution in [2.45, 2.75) is 40.0 Å². The Labute approximate surface area is 110 Å². The number of nitrogens with one attached hydrogen (secondary N) is 1. The lowest BCUT2D eigenvalue weighted by Crippen LogP contribution is -2.26. The van der Waals surface area contributed by atoms with E-state index in [4.69, 9.17) is 5.84 Å². The molecule has 1 heterocycles. The van der Waals surface area contributed by atoms with Crippen LogP contribution in [0.5, 0.6) is 0 Å². The number of nitrogen functional groups attached to an aromatic ring is 1. The van der Waals surface area contributed by atoms with Crippen LogP contribution in [0.3, 0.4) is 0 Å².